The van der Waals surface area contributed by atoms with Crippen LogP contribution in [-0.4, -0.2) is 43.0 Å². The molecule has 1 amide bonds. The summed E-state index contributed by atoms with van der Waals surface area (Å²) >= 11 is 0. The Morgan fingerprint density at radius 2 is 2.43 bits per heavy atom. The molecule has 82 valence electrons. The number of hydrogen-bond donors (Lipinski definition) is 2. The van der Waals surface area contributed by atoms with E-state index >= 15 is 0 Å². The van der Waals surface area contributed by atoms with E-state index in [9.17, 15) is 4.79 Å². The molecule has 1 unspecified atom stereocenters. The highest BCUT2D eigenvalue weighted by Gasteiger charge is 2.22. The van der Waals surface area contributed by atoms with Gasteiger partial charge in [0.05, 0.1) is 6.04 Å². The SMILES string of the molecule is CCC[C@@H](N)C(=O)NC1CCN(C)C1. The number of nitrogens with zero attached hydrogens (tertiary/aromatic N) is 1. The van der Waals surface area contributed by atoms with E-state index in [4.69, 9.17) is 5.73 Å². The minimum atomic E-state index is -0.328. The molecule has 0 aromatic heterocycles. The molecule has 0 saturated carbocycles. The maximum Gasteiger partial charge on any atom is 0.237 e. The van der Waals surface area contributed by atoms with Gasteiger partial charge in [-0.1, -0.05) is 13.3 Å². The summed E-state index contributed by atoms with van der Waals surface area (Å²) in [6.07, 6.45) is 2.77. The van der Waals surface area contributed by atoms with Crippen molar-refractivity contribution in [3.63, 3.8) is 0 Å². The molecule has 4 nitrogen and oxygen atoms in total. The fraction of sp³-hybridized carbons (Fsp3) is 0.900. The lowest BCUT2D eigenvalue weighted by atomic mass is 10.1. The first kappa shape index (κ1) is 11.5. The molecule has 2 atom stereocenters. The topological polar surface area (TPSA) is 58.4 Å². The van der Waals surface area contributed by atoms with Crippen LogP contribution in [0.1, 0.15) is 26.2 Å². The average Bonchev–Trinajstić information content (AvgIpc) is 2.51. The van der Waals surface area contributed by atoms with Crippen molar-refractivity contribution in [3.05, 3.63) is 0 Å². The normalized spacial score (nSPS) is 24.9. The Morgan fingerprint density at radius 1 is 1.71 bits per heavy atom. The second-order valence-electron chi connectivity index (χ2n) is 4.15. The molecule has 1 aliphatic rings. The standard InChI is InChI=1S/C10H21N3O/c1-3-4-9(11)10(14)12-8-5-6-13(2)7-8/h8-9H,3-7,11H2,1-2H3,(H,12,14)/t8?,9-/m1/s1. The van der Waals surface area contributed by atoms with Crippen molar-refractivity contribution < 1.29 is 4.79 Å². The van der Waals surface area contributed by atoms with Gasteiger partial charge in [-0.25, -0.2) is 0 Å². The van der Waals surface area contributed by atoms with E-state index in [1.165, 1.54) is 0 Å². The molecule has 14 heavy (non-hydrogen) atoms. The van der Waals surface area contributed by atoms with Crippen LogP contribution in [0.3, 0.4) is 0 Å². The fourth-order valence-corrected chi connectivity index (χ4v) is 1.80. The van der Waals surface area contributed by atoms with Gasteiger partial charge in [-0.2, -0.15) is 0 Å². The van der Waals surface area contributed by atoms with E-state index < -0.39 is 0 Å². The summed E-state index contributed by atoms with van der Waals surface area (Å²) in [7, 11) is 2.07. The van der Waals surface area contributed by atoms with E-state index in [1.807, 2.05) is 6.92 Å². The lowest BCUT2D eigenvalue weighted by Gasteiger charge is -2.16. The Kier molecular flexibility index (Phi) is 4.35. The van der Waals surface area contributed by atoms with Gasteiger partial charge in [0.25, 0.3) is 0 Å². The minimum absolute atomic E-state index is 0.00662. The molecule has 1 rings (SSSR count). The van der Waals surface area contributed by atoms with Gasteiger partial charge in [0.15, 0.2) is 0 Å². The van der Waals surface area contributed by atoms with Gasteiger partial charge in [0.1, 0.15) is 0 Å². The zero-order chi connectivity index (χ0) is 10.6. The monoisotopic (exact) mass is 199 g/mol. The second kappa shape index (κ2) is 5.32. The lowest BCUT2D eigenvalue weighted by Crippen LogP contribution is -2.46. The van der Waals surface area contributed by atoms with Crippen LogP contribution in [0.25, 0.3) is 0 Å². The van der Waals surface area contributed by atoms with Crippen LogP contribution < -0.4 is 11.1 Å². The molecular weight excluding hydrogens is 178 g/mol. The number of rotatable bonds is 4. The van der Waals surface area contributed by atoms with Gasteiger partial charge in [0, 0.05) is 12.6 Å². The van der Waals surface area contributed by atoms with Gasteiger partial charge >= 0.3 is 0 Å². The summed E-state index contributed by atoms with van der Waals surface area (Å²) in [5.74, 6) is 0.00662. The second-order valence-corrected chi connectivity index (χ2v) is 4.15. The van der Waals surface area contributed by atoms with Crippen LogP contribution in [0.15, 0.2) is 0 Å². The number of carbonyl (C=O) groups is 1. The van der Waals surface area contributed by atoms with Gasteiger partial charge in [-0.05, 0) is 26.4 Å². The van der Waals surface area contributed by atoms with E-state index in [1.54, 1.807) is 0 Å². The minimum Gasteiger partial charge on any atom is -0.351 e. The highest BCUT2D eigenvalue weighted by molar-refractivity contribution is 5.81. The number of hydrogen-bond acceptors (Lipinski definition) is 3. The van der Waals surface area contributed by atoms with Crippen molar-refractivity contribution in [1.29, 1.82) is 0 Å². The van der Waals surface area contributed by atoms with E-state index in [0.717, 1.165) is 32.4 Å². The largest absolute Gasteiger partial charge is 0.351 e. The van der Waals surface area contributed by atoms with Crippen LogP contribution in [0.5, 0.6) is 0 Å². The zero-order valence-electron chi connectivity index (χ0n) is 9.12. The third kappa shape index (κ3) is 3.27. The molecule has 0 aromatic rings. The van der Waals surface area contributed by atoms with E-state index in [0.29, 0.717) is 6.04 Å². The Labute approximate surface area is 85.8 Å². The molecule has 1 aliphatic heterocycles. The molecule has 1 heterocycles. The predicted molar refractivity (Wildman–Crippen MR) is 56.9 cm³/mol. The summed E-state index contributed by atoms with van der Waals surface area (Å²) in [6.45, 7) is 4.05. The van der Waals surface area contributed by atoms with E-state index in [-0.39, 0.29) is 11.9 Å². The maximum absolute atomic E-state index is 11.5. The van der Waals surface area contributed by atoms with Crippen molar-refractivity contribution in [1.82, 2.24) is 10.2 Å². The van der Waals surface area contributed by atoms with Gasteiger partial charge in [-0.3, -0.25) is 4.79 Å². The first-order valence-corrected chi connectivity index (χ1v) is 5.38. The Hall–Kier alpha value is -0.610. The molecule has 0 aliphatic carbocycles. The number of likely N-dealkylation sites (tertiary alicyclic amines) is 1. The average molecular weight is 199 g/mol. The molecule has 1 saturated heterocycles. The summed E-state index contributed by atoms with van der Waals surface area (Å²) in [5.41, 5.74) is 5.71. The Balaban J connectivity index is 2.26. The first-order chi connectivity index (χ1) is 6.63. The summed E-state index contributed by atoms with van der Waals surface area (Å²) in [4.78, 5) is 13.8. The smallest absolute Gasteiger partial charge is 0.237 e. The number of nitrogens with one attached hydrogen (secondary N) is 1. The lowest BCUT2D eigenvalue weighted by molar-refractivity contribution is -0.123. The number of amides is 1. The third-order valence-corrected chi connectivity index (χ3v) is 2.67. The summed E-state index contributed by atoms with van der Waals surface area (Å²) in [6, 6.07) is -0.0266. The molecule has 1 fully saturated rings. The Morgan fingerprint density at radius 3 is 2.93 bits per heavy atom. The molecule has 0 aromatic carbocycles. The van der Waals surface area contributed by atoms with Gasteiger partial charge in [-0.15, -0.1) is 0 Å². The summed E-state index contributed by atoms with van der Waals surface area (Å²) in [5, 5.41) is 2.99. The quantitative estimate of drug-likeness (QED) is 0.666. The predicted octanol–water partition coefficient (Wildman–Crippen LogP) is -0.0659. The van der Waals surface area contributed by atoms with Crippen molar-refractivity contribution in [2.75, 3.05) is 20.1 Å². The van der Waals surface area contributed by atoms with Gasteiger partial charge < -0.3 is 16.0 Å². The number of nitrogens with two attached hydrogens (primary N) is 1. The van der Waals surface area contributed by atoms with Crippen molar-refractivity contribution in [2.45, 2.75) is 38.3 Å². The Bertz CT molecular complexity index is 196. The molecular formula is C10H21N3O. The van der Waals surface area contributed by atoms with Crippen molar-refractivity contribution >= 4 is 5.91 Å². The molecule has 3 N–H and O–H groups in total. The first-order valence-electron chi connectivity index (χ1n) is 5.38. The fourth-order valence-electron chi connectivity index (χ4n) is 1.80. The molecule has 0 radical (unpaired) electrons. The highest BCUT2D eigenvalue weighted by atomic mass is 16.2. The zero-order valence-corrected chi connectivity index (χ0v) is 9.12. The van der Waals surface area contributed by atoms with Crippen LogP contribution in [0.4, 0.5) is 0 Å². The number of carbonyl (C=O) groups excluding carboxylic acids is 1. The van der Waals surface area contributed by atoms with Crippen LogP contribution >= 0.6 is 0 Å². The van der Waals surface area contributed by atoms with Crippen LogP contribution in [-0.2, 0) is 4.79 Å². The highest BCUT2D eigenvalue weighted by Crippen LogP contribution is 2.06. The van der Waals surface area contributed by atoms with Crippen molar-refractivity contribution in [2.24, 2.45) is 5.73 Å². The van der Waals surface area contributed by atoms with E-state index in [2.05, 4.69) is 17.3 Å². The maximum atomic E-state index is 11.5. The van der Waals surface area contributed by atoms with Gasteiger partial charge in [0.2, 0.25) is 5.91 Å². The van der Waals surface area contributed by atoms with Crippen LogP contribution in [0, 0.1) is 0 Å². The molecule has 0 bridgehead atoms. The molecule has 4 heteroatoms. The van der Waals surface area contributed by atoms with Crippen LogP contribution in [0.2, 0.25) is 0 Å². The number of likely N-dealkylation sites (N-methyl/N-ethyl adjacent to an activating group) is 1. The summed E-state index contributed by atoms with van der Waals surface area (Å²) < 4.78 is 0. The molecule has 0 spiro atoms. The van der Waals surface area contributed by atoms with Crippen molar-refractivity contribution in [3.8, 4) is 0 Å². The third-order valence-electron chi connectivity index (χ3n) is 2.67.